The smallest absolute Gasteiger partial charge is 0.276 e. The van der Waals surface area contributed by atoms with Crippen LogP contribution in [0.1, 0.15) is 10.5 Å². The first-order valence-corrected chi connectivity index (χ1v) is 6.84. The predicted octanol–water partition coefficient (Wildman–Crippen LogP) is 1.68. The van der Waals surface area contributed by atoms with Crippen molar-refractivity contribution < 1.29 is 14.3 Å². The van der Waals surface area contributed by atoms with E-state index < -0.39 is 11.7 Å². The van der Waals surface area contributed by atoms with Crippen LogP contribution in [0.25, 0.3) is 5.69 Å². The molecule has 0 spiro atoms. The van der Waals surface area contributed by atoms with Crippen molar-refractivity contribution in [1.82, 2.24) is 19.9 Å². The summed E-state index contributed by atoms with van der Waals surface area (Å²) in [6, 6.07) is 4.45. The van der Waals surface area contributed by atoms with Crippen LogP contribution in [0.3, 0.4) is 0 Å². The fraction of sp³-hybridized carbons (Fsp3) is 0.214. The Kier molecular flexibility index (Phi) is 5.24. The lowest BCUT2D eigenvalue weighted by molar-refractivity contribution is 0.0737. The molecule has 1 N–H and O–H groups in total. The number of halogens is 2. The Labute approximate surface area is 131 Å². The highest BCUT2D eigenvalue weighted by Gasteiger charge is 2.19. The molecule has 0 aliphatic heterocycles. The molecule has 116 valence electrons. The number of carbonyl (C=O) groups is 1. The summed E-state index contributed by atoms with van der Waals surface area (Å²) in [5.41, 5.74) is 0.131. The van der Waals surface area contributed by atoms with E-state index in [1.807, 2.05) is 0 Å². The van der Waals surface area contributed by atoms with Gasteiger partial charge >= 0.3 is 0 Å². The Balaban J connectivity index is 2.29. The summed E-state index contributed by atoms with van der Waals surface area (Å²) in [5.74, 6) is -1.07. The highest BCUT2D eigenvalue weighted by Crippen LogP contribution is 2.20. The summed E-state index contributed by atoms with van der Waals surface area (Å²) in [6.45, 7) is 3.77. The average molecular weight is 325 g/mol. The number of hydrogen-bond acceptors (Lipinski definition) is 4. The Morgan fingerprint density at radius 3 is 3.00 bits per heavy atom. The zero-order chi connectivity index (χ0) is 16.1. The van der Waals surface area contributed by atoms with Gasteiger partial charge in [-0.15, -0.1) is 11.7 Å². The van der Waals surface area contributed by atoms with Crippen molar-refractivity contribution in [2.24, 2.45) is 0 Å². The molecular formula is C14H14ClFN4O2. The second-order valence-corrected chi connectivity index (χ2v) is 4.79. The van der Waals surface area contributed by atoms with Crippen LogP contribution >= 0.6 is 11.6 Å². The maximum Gasteiger partial charge on any atom is 0.276 e. The van der Waals surface area contributed by atoms with E-state index in [1.165, 1.54) is 29.3 Å². The molecule has 0 aliphatic carbocycles. The monoisotopic (exact) mass is 324 g/mol. The predicted molar refractivity (Wildman–Crippen MR) is 79.5 cm³/mol. The van der Waals surface area contributed by atoms with Gasteiger partial charge in [-0.25, -0.2) is 9.07 Å². The van der Waals surface area contributed by atoms with Gasteiger partial charge in [-0.1, -0.05) is 29.0 Å². The van der Waals surface area contributed by atoms with Gasteiger partial charge < -0.3 is 10.0 Å². The van der Waals surface area contributed by atoms with Crippen molar-refractivity contribution in [3.63, 3.8) is 0 Å². The van der Waals surface area contributed by atoms with Crippen LogP contribution in [-0.2, 0) is 0 Å². The molecule has 0 atom stereocenters. The number of amides is 1. The minimum atomic E-state index is -0.647. The summed E-state index contributed by atoms with van der Waals surface area (Å²) in [7, 11) is 0. The molecule has 8 heteroatoms. The van der Waals surface area contributed by atoms with Gasteiger partial charge in [0.25, 0.3) is 5.91 Å². The molecule has 0 saturated heterocycles. The highest BCUT2D eigenvalue weighted by molar-refractivity contribution is 6.30. The first-order chi connectivity index (χ1) is 10.6. The van der Waals surface area contributed by atoms with E-state index >= 15 is 0 Å². The molecule has 6 nitrogen and oxygen atoms in total. The minimum Gasteiger partial charge on any atom is -0.395 e. The van der Waals surface area contributed by atoms with Gasteiger partial charge in [0.15, 0.2) is 11.5 Å². The van der Waals surface area contributed by atoms with Crippen LogP contribution in [0.2, 0.25) is 5.02 Å². The van der Waals surface area contributed by atoms with Crippen LogP contribution in [0.15, 0.2) is 37.1 Å². The molecule has 0 radical (unpaired) electrons. The molecule has 0 saturated carbocycles. The Morgan fingerprint density at radius 2 is 2.32 bits per heavy atom. The molecule has 1 aromatic heterocycles. The number of rotatable bonds is 6. The second-order valence-electron chi connectivity index (χ2n) is 4.38. The van der Waals surface area contributed by atoms with E-state index in [2.05, 4.69) is 16.9 Å². The lowest BCUT2D eigenvalue weighted by Crippen LogP contribution is -2.33. The van der Waals surface area contributed by atoms with Gasteiger partial charge in [-0.3, -0.25) is 4.79 Å². The SMILES string of the molecule is C=CCN(CCO)C(=O)c1cn(-c2cccc(Cl)c2F)nn1. The topological polar surface area (TPSA) is 71.2 Å². The minimum absolute atomic E-state index is 0.0367. The van der Waals surface area contributed by atoms with E-state index in [0.29, 0.717) is 0 Å². The summed E-state index contributed by atoms with van der Waals surface area (Å²) in [6.07, 6.45) is 2.85. The van der Waals surface area contributed by atoms with Crippen molar-refractivity contribution in [2.45, 2.75) is 0 Å². The Hall–Kier alpha value is -2.25. The van der Waals surface area contributed by atoms with E-state index in [4.69, 9.17) is 16.7 Å². The quantitative estimate of drug-likeness (QED) is 0.821. The summed E-state index contributed by atoms with van der Waals surface area (Å²) in [5, 5.41) is 16.4. The molecule has 2 rings (SSSR count). The third-order valence-corrected chi connectivity index (χ3v) is 3.19. The van der Waals surface area contributed by atoms with Gasteiger partial charge in [0.05, 0.1) is 17.8 Å². The molecule has 0 unspecified atom stereocenters. The number of nitrogens with zero attached hydrogens (tertiary/aromatic N) is 4. The molecule has 2 aromatic rings. The lowest BCUT2D eigenvalue weighted by atomic mass is 10.3. The number of hydrogen-bond donors (Lipinski definition) is 1. The number of benzene rings is 1. The van der Waals surface area contributed by atoms with Crippen molar-refractivity contribution >= 4 is 17.5 Å². The van der Waals surface area contributed by atoms with Crippen molar-refractivity contribution in [3.05, 3.63) is 53.6 Å². The van der Waals surface area contributed by atoms with Crippen LogP contribution in [0, 0.1) is 5.82 Å². The lowest BCUT2D eigenvalue weighted by Gasteiger charge is -2.18. The zero-order valence-corrected chi connectivity index (χ0v) is 12.4. The Bertz CT molecular complexity index is 689. The summed E-state index contributed by atoms with van der Waals surface area (Å²) < 4.78 is 15.1. The number of carbonyl (C=O) groups excluding carboxylic acids is 1. The van der Waals surface area contributed by atoms with E-state index in [0.717, 1.165) is 4.68 Å². The average Bonchev–Trinajstić information content (AvgIpc) is 2.99. The molecule has 0 aliphatic rings. The maximum absolute atomic E-state index is 13.9. The number of aromatic nitrogens is 3. The third-order valence-electron chi connectivity index (χ3n) is 2.90. The van der Waals surface area contributed by atoms with Gasteiger partial charge in [0, 0.05) is 13.1 Å². The first kappa shape index (κ1) is 16.1. The Morgan fingerprint density at radius 1 is 1.55 bits per heavy atom. The fourth-order valence-electron chi connectivity index (χ4n) is 1.86. The van der Waals surface area contributed by atoms with Crippen LogP contribution < -0.4 is 0 Å². The van der Waals surface area contributed by atoms with Gasteiger partial charge in [0.2, 0.25) is 0 Å². The van der Waals surface area contributed by atoms with E-state index in [9.17, 15) is 9.18 Å². The van der Waals surface area contributed by atoms with E-state index in [-0.39, 0.29) is 36.1 Å². The zero-order valence-electron chi connectivity index (χ0n) is 11.6. The van der Waals surface area contributed by atoms with Gasteiger partial charge in [-0.05, 0) is 12.1 Å². The highest BCUT2D eigenvalue weighted by atomic mass is 35.5. The van der Waals surface area contributed by atoms with Gasteiger partial charge in [0.1, 0.15) is 5.69 Å². The first-order valence-electron chi connectivity index (χ1n) is 6.46. The molecular weight excluding hydrogens is 311 g/mol. The molecule has 1 aromatic carbocycles. The second kappa shape index (κ2) is 7.15. The maximum atomic E-state index is 13.9. The van der Waals surface area contributed by atoms with Gasteiger partial charge in [-0.2, -0.15) is 0 Å². The standard InChI is InChI=1S/C14H14ClFN4O2/c1-2-6-19(7-8-21)14(22)11-9-20(18-17-11)12-5-3-4-10(15)13(12)16/h2-5,9,21H,1,6-8H2. The third kappa shape index (κ3) is 3.32. The van der Waals surface area contributed by atoms with Crippen LogP contribution in [-0.4, -0.2) is 50.6 Å². The van der Waals surface area contributed by atoms with Crippen molar-refractivity contribution in [1.29, 1.82) is 0 Å². The molecule has 1 heterocycles. The van der Waals surface area contributed by atoms with Crippen molar-refractivity contribution in [2.75, 3.05) is 19.7 Å². The molecule has 1 amide bonds. The molecule has 22 heavy (non-hydrogen) atoms. The molecule has 0 bridgehead atoms. The summed E-state index contributed by atoms with van der Waals surface area (Å²) >= 11 is 5.72. The van der Waals surface area contributed by atoms with Crippen molar-refractivity contribution in [3.8, 4) is 5.69 Å². The number of aliphatic hydroxyl groups excluding tert-OH is 1. The van der Waals surface area contributed by atoms with Crippen LogP contribution in [0.5, 0.6) is 0 Å². The van der Waals surface area contributed by atoms with E-state index in [1.54, 1.807) is 6.07 Å². The fourth-order valence-corrected chi connectivity index (χ4v) is 2.03. The normalized spacial score (nSPS) is 10.5. The molecule has 0 fully saturated rings. The number of aliphatic hydroxyl groups is 1. The largest absolute Gasteiger partial charge is 0.395 e. The van der Waals surface area contributed by atoms with Crippen LogP contribution in [0.4, 0.5) is 4.39 Å². The summed E-state index contributed by atoms with van der Waals surface area (Å²) in [4.78, 5) is 13.6.